The highest BCUT2D eigenvalue weighted by molar-refractivity contribution is 5.74. The van der Waals surface area contributed by atoms with E-state index in [2.05, 4.69) is 20.9 Å². The van der Waals surface area contributed by atoms with Gasteiger partial charge in [-0.3, -0.25) is 4.90 Å². The van der Waals surface area contributed by atoms with E-state index in [9.17, 15) is 0 Å². The second kappa shape index (κ2) is 4.47. The monoisotopic (exact) mass is 230 g/mol. The molecule has 3 N–H and O–H groups in total. The van der Waals surface area contributed by atoms with Gasteiger partial charge in [-0.2, -0.15) is 0 Å². The van der Waals surface area contributed by atoms with Crippen LogP contribution in [0.3, 0.4) is 0 Å². The Labute approximate surface area is 101 Å². The zero-order valence-corrected chi connectivity index (χ0v) is 9.89. The normalized spacial score (nSPS) is 21.4. The first kappa shape index (κ1) is 10.7. The number of aromatic nitrogens is 2. The second-order valence-electron chi connectivity index (χ2n) is 4.70. The summed E-state index contributed by atoms with van der Waals surface area (Å²) >= 11 is 0. The van der Waals surface area contributed by atoms with E-state index in [1.54, 1.807) is 0 Å². The molecule has 1 aromatic carbocycles. The molecule has 0 saturated carbocycles. The maximum atomic E-state index is 5.78. The van der Waals surface area contributed by atoms with Gasteiger partial charge in [-0.25, -0.2) is 4.98 Å². The van der Waals surface area contributed by atoms with Crippen molar-refractivity contribution in [3.63, 3.8) is 0 Å². The molecule has 0 radical (unpaired) electrons. The number of hydrogen-bond acceptors (Lipinski definition) is 3. The lowest BCUT2D eigenvalue weighted by Gasteiger charge is -2.21. The average Bonchev–Trinajstić information content (AvgIpc) is 2.94. The molecule has 1 aliphatic rings. The van der Waals surface area contributed by atoms with Crippen LogP contribution < -0.4 is 5.73 Å². The topological polar surface area (TPSA) is 57.9 Å². The van der Waals surface area contributed by atoms with E-state index >= 15 is 0 Å². The van der Waals surface area contributed by atoms with Gasteiger partial charge in [-0.15, -0.1) is 0 Å². The number of imidazole rings is 1. The Balaban J connectivity index is 1.80. The van der Waals surface area contributed by atoms with E-state index in [0.29, 0.717) is 6.04 Å². The van der Waals surface area contributed by atoms with Crippen LogP contribution in [0.15, 0.2) is 24.3 Å². The second-order valence-corrected chi connectivity index (χ2v) is 4.70. The van der Waals surface area contributed by atoms with E-state index in [1.807, 2.05) is 18.2 Å². The molecule has 4 heteroatoms. The molecule has 1 aromatic heterocycles. The molecule has 2 aromatic rings. The standard InChI is InChI=1S/C13H18N4/c14-8-10-4-3-7-17(10)9-13-15-11-5-1-2-6-12(11)16-13/h1-2,5-6,10H,3-4,7-9,14H2,(H,15,16). The molecule has 0 amide bonds. The van der Waals surface area contributed by atoms with E-state index in [-0.39, 0.29) is 0 Å². The van der Waals surface area contributed by atoms with E-state index < -0.39 is 0 Å². The van der Waals surface area contributed by atoms with E-state index in [1.165, 1.54) is 12.8 Å². The third-order valence-electron chi connectivity index (χ3n) is 3.56. The lowest BCUT2D eigenvalue weighted by Crippen LogP contribution is -2.35. The summed E-state index contributed by atoms with van der Waals surface area (Å²) in [4.78, 5) is 10.4. The Kier molecular flexibility index (Phi) is 2.82. The SMILES string of the molecule is NCC1CCCN1Cc1nc2ccccc2[nH]1. The van der Waals surface area contributed by atoms with Crippen LogP contribution in [-0.4, -0.2) is 34.0 Å². The third kappa shape index (κ3) is 2.06. The van der Waals surface area contributed by atoms with Crippen molar-refractivity contribution < 1.29 is 0 Å². The van der Waals surface area contributed by atoms with Gasteiger partial charge >= 0.3 is 0 Å². The van der Waals surface area contributed by atoms with Gasteiger partial charge in [0.15, 0.2) is 0 Å². The molecule has 0 spiro atoms. The van der Waals surface area contributed by atoms with E-state index in [0.717, 1.165) is 36.5 Å². The lowest BCUT2D eigenvalue weighted by molar-refractivity contribution is 0.245. The van der Waals surface area contributed by atoms with Gasteiger partial charge in [0.1, 0.15) is 5.82 Å². The summed E-state index contributed by atoms with van der Waals surface area (Å²) in [7, 11) is 0. The van der Waals surface area contributed by atoms with Crippen molar-refractivity contribution in [2.45, 2.75) is 25.4 Å². The summed E-state index contributed by atoms with van der Waals surface area (Å²) in [6.45, 7) is 2.77. The average molecular weight is 230 g/mol. The van der Waals surface area contributed by atoms with Crippen LogP contribution in [0.1, 0.15) is 18.7 Å². The molecule has 4 nitrogen and oxygen atoms in total. The summed E-state index contributed by atoms with van der Waals surface area (Å²) in [6.07, 6.45) is 2.47. The van der Waals surface area contributed by atoms with Crippen molar-refractivity contribution in [1.82, 2.24) is 14.9 Å². The van der Waals surface area contributed by atoms with Crippen molar-refractivity contribution in [1.29, 1.82) is 0 Å². The molecule has 1 aliphatic heterocycles. The zero-order chi connectivity index (χ0) is 11.7. The van der Waals surface area contributed by atoms with Crippen molar-refractivity contribution >= 4 is 11.0 Å². The Morgan fingerprint density at radius 2 is 2.29 bits per heavy atom. The molecule has 1 saturated heterocycles. The van der Waals surface area contributed by atoms with Crippen LogP contribution in [-0.2, 0) is 6.54 Å². The summed E-state index contributed by atoms with van der Waals surface area (Å²) in [5, 5.41) is 0. The fourth-order valence-corrected chi connectivity index (χ4v) is 2.64. The quantitative estimate of drug-likeness (QED) is 0.839. The van der Waals surface area contributed by atoms with Gasteiger partial charge in [0.2, 0.25) is 0 Å². The fraction of sp³-hybridized carbons (Fsp3) is 0.462. The van der Waals surface area contributed by atoms with Crippen molar-refractivity contribution in [2.24, 2.45) is 5.73 Å². The number of para-hydroxylation sites is 2. The molecule has 1 fully saturated rings. The van der Waals surface area contributed by atoms with Crippen LogP contribution in [0.25, 0.3) is 11.0 Å². The maximum absolute atomic E-state index is 5.78. The highest BCUT2D eigenvalue weighted by atomic mass is 15.2. The number of fused-ring (bicyclic) bond motifs is 1. The largest absolute Gasteiger partial charge is 0.341 e. The molecule has 17 heavy (non-hydrogen) atoms. The van der Waals surface area contributed by atoms with Gasteiger partial charge < -0.3 is 10.7 Å². The molecular formula is C13H18N4. The summed E-state index contributed by atoms with van der Waals surface area (Å²) in [5.74, 6) is 1.05. The number of rotatable bonds is 3. The zero-order valence-electron chi connectivity index (χ0n) is 9.89. The number of nitrogens with two attached hydrogens (primary N) is 1. The van der Waals surface area contributed by atoms with Gasteiger partial charge in [0.25, 0.3) is 0 Å². The first-order valence-electron chi connectivity index (χ1n) is 6.24. The van der Waals surface area contributed by atoms with Gasteiger partial charge in [0, 0.05) is 12.6 Å². The Bertz CT molecular complexity index is 472. The van der Waals surface area contributed by atoms with Crippen LogP contribution in [0, 0.1) is 0 Å². The molecule has 0 aliphatic carbocycles. The Morgan fingerprint density at radius 1 is 1.41 bits per heavy atom. The number of benzene rings is 1. The number of aromatic amines is 1. The highest BCUT2D eigenvalue weighted by Crippen LogP contribution is 2.19. The lowest BCUT2D eigenvalue weighted by atomic mass is 10.2. The number of nitrogens with zero attached hydrogens (tertiary/aromatic N) is 2. The maximum Gasteiger partial charge on any atom is 0.121 e. The van der Waals surface area contributed by atoms with E-state index in [4.69, 9.17) is 5.73 Å². The minimum absolute atomic E-state index is 0.531. The molecule has 0 bridgehead atoms. The minimum Gasteiger partial charge on any atom is -0.341 e. The molecule has 2 heterocycles. The van der Waals surface area contributed by atoms with Crippen molar-refractivity contribution in [3.05, 3.63) is 30.1 Å². The van der Waals surface area contributed by atoms with Crippen LogP contribution in [0.4, 0.5) is 0 Å². The van der Waals surface area contributed by atoms with Crippen LogP contribution >= 0.6 is 0 Å². The fourth-order valence-electron chi connectivity index (χ4n) is 2.64. The van der Waals surface area contributed by atoms with Crippen molar-refractivity contribution in [2.75, 3.05) is 13.1 Å². The van der Waals surface area contributed by atoms with Crippen LogP contribution in [0.5, 0.6) is 0 Å². The molecule has 3 rings (SSSR count). The van der Waals surface area contributed by atoms with Gasteiger partial charge in [-0.05, 0) is 31.5 Å². The van der Waals surface area contributed by atoms with Gasteiger partial charge in [0.05, 0.1) is 17.6 Å². The number of nitrogens with one attached hydrogen (secondary N) is 1. The number of hydrogen-bond donors (Lipinski definition) is 2. The van der Waals surface area contributed by atoms with Crippen LogP contribution in [0.2, 0.25) is 0 Å². The van der Waals surface area contributed by atoms with Gasteiger partial charge in [-0.1, -0.05) is 12.1 Å². The first-order valence-corrected chi connectivity index (χ1v) is 6.24. The molecular weight excluding hydrogens is 212 g/mol. The predicted octanol–water partition coefficient (Wildman–Crippen LogP) is 1.49. The molecule has 90 valence electrons. The Hall–Kier alpha value is -1.39. The molecule has 1 atom stereocenters. The summed E-state index contributed by atoms with van der Waals surface area (Å²) in [6, 6.07) is 8.69. The summed E-state index contributed by atoms with van der Waals surface area (Å²) in [5.41, 5.74) is 7.94. The number of H-pyrrole nitrogens is 1. The minimum atomic E-state index is 0.531. The highest BCUT2D eigenvalue weighted by Gasteiger charge is 2.23. The third-order valence-corrected chi connectivity index (χ3v) is 3.56. The summed E-state index contributed by atoms with van der Waals surface area (Å²) < 4.78 is 0. The number of likely N-dealkylation sites (tertiary alicyclic amines) is 1. The molecule has 1 unspecified atom stereocenters. The van der Waals surface area contributed by atoms with Crippen molar-refractivity contribution in [3.8, 4) is 0 Å². The predicted molar refractivity (Wildman–Crippen MR) is 68.6 cm³/mol. The smallest absolute Gasteiger partial charge is 0.121 e. The Morgan fingerprint density at radius 3 is 3.12 bits per heavy atom. The first-order chi connectivity index (χ1) is 8.36.